The first kappa shape index (κ1) is 41.4. The van der Waals surface area contributed by atoms with Gasteiger partial charge in [-0.25, -0.2) is 0 Å². The third-order valence-electron chi connectivity index (χ3n) is 15.7. The summed E-state index contributed by atoms with van der Waals surface area (Å²) in [5.41, 5.74) is 25.8. The molecule has 0 bridgehead atoms. The SMILES string of the molecule is Cc1ccc(C)c(N(c2ccccc2C)c2cc3c(c4oc5ccccc5c24)-c2c(cc(N(c4ccccc4C)c4cc(C)ccc4C)c4c2oc2ccccc24)C32c3ccccc3-c3ccccc32)c1. The minimum Gasteiger partial charge on any atom is -0.455 e. The van der Waals surface area contributed by atoms with Crippen LogP contribution < -0.4 is 9.80 Å². The van der Waals surface area contributed by atoms with Gasteiger partial charge in [0.25, 0.3) is 0 Å². The van der Waals surface area contributed by atoms with Crippen LogP contribution in [0.4, 0.5) is 34.1 Å². The Morgan fingerprint density at radius 3 is 1.15 bits per heavy atom. The Labute approximate surface area is 413 Å². The van der Waals surface area contributed by atoms with Crippen molar-refractivity contribution < 1.29 is 8.83 Å². The largest absolute Gasteiger partial charge is 0.455 e. The molecule has 0 radical (unpaired) electrons. The number of hydrogen-bond acceptors (Lipinski definition) is 4. The topological polar surface area (TPSA) is 32.8 Å². The van der Waals surface area contributed by atoms with E-state index < -0.39 is 5.41 Å². The standard InChI is InChI=1S/C67H50N2O2/c1-39-31-33-43(5)55(35-39)68(53-27-15-7-19-41(53)3)57-37-51-63(65-61(57)47-23-11-17-29-59(47)70-65)64-52(67(51)49-25-13-9-21-45(49)46-22-10-14-26-50(46)67)38-58(62-48-24-12-18-30-60(48)71-66(62)64)69(54-28-16-8-20-42(54)4)56-36-40(2)32-34-44(56)6/h7-38H,1-6H3. The Morgan fingerprint density at radius 1 is 0.324 bits per heavy atom. The number of hydrogen-bond donors (Lipinski definition) is 0. The van der Waals surface area contributed by atoms with Gasteiger partial charge >= 0.3 is 0 Å². The quantitative estimate of drug-likeness (QED) is 0.166. The van der Waals surface area contributed by atoms with E-state index in [1.165, 1.54) is 66.8 Å². The fourth-order valence-corrected chi connectivity index (χ4v) is 12.5. The number of benzene rings is 10. The normalized spacial score (nSPS) is 13.0. The minimum atomic E-state index is -0.792. The number of rotatable bonds is 6. The summed E-state index contributed by atoms with van der Waals surface area (Å²) >= 11 is 0. The van der Waals surface area contributed by atoms with E-state index in [0.29, 0.717) is 0 Å². The molecule has 340 valence electrons. The van der Waals surface area contributed by atoms with Gasteiger partial charge in [0.05, 0.1) is 27.6 Å². The van der Waals surface area contributed by atoms with E-state index in [2.05, 4.69) is 245 Å². The van der Waals surface area contributed by atoms with Crippen LogP contribution in [0.25, 0.3) is 66.1 Å². The second-order valence-electron chi connectivity index (χ2n) is 19.9. The predicted octanol–water partition coefficient (Wildman–Crippen LogP) is 18.6. The van der Waals surface area contributed by atoms with Crippen molar-refractivity contribution in [2.75, 3.05) is 9.80 Å². The summed E-state index contributed by atoms with van der Waals surface area (Å²) in [6.45, 7) is 13.3. The molecule has 10 aromatic carbocycles. The lowest BCUT2D eigenvalue weighted by atomic mass is 9.70. The summed E-state index contributed by atoms with van der Waals surface area (Å²) in [5.74, 6) is 0. The van der Waals surface area contributed by atoms with Crippen molar-refractivity contribution >= 4 is 78.0 Å². The van der Waals surface area contributed by atoms with E-state index >= 15 is 0 Å². The molecule has 2 aliphatic carbocycles. The van der Waals surface area contributed by atoms with Crippen LogP contribution in [0.15, 0.2) is 203 Å². The smallest absolute Gasteiger partial charge is 0.145 e. The summed E-state index contributed by atoms with van der Waals surface area (Å²) in [4.78, 5) is 5.02. The predicted molar refractivity (Wildman–Crippen MR) is 295 cm³/mol. The Bertz CT molecular complexity index is 3950. The molecule has 0 saturated heterocycles. The van der Waals surface area contributed by atoms with Gasteiger partial charge in [0.2, 0.25) is 0 Å². The molecule has 12 aromatic rings. The summed E-state index contributed by atoms with van der Waals surface area (Å²) in [5, 5.41) is 4.27. The zero-order valence-electron chi connectivity index (χ0n) is 40.7. The molecule has 14 rings (SSSR count). The van der Waals surface area contributed by atoms with E-state index in [4.69, 9.17) is 8.83 Å². The Kier molecular flexibility index (Phi) is 8.86. The molecule has 0 atom stereocenters. The maximum atomic E-state index is 7.48. The molecular formula is C67H50N2O2. The van der Waals surface area contributed by atoms with Gasteiger partial charge < -0.3 is 18.6 Å². The van der Waals surface area contributed by atoms with Crippen molar-refractivity contribution in [1.82, 2.24) is 0 Å². The van der Waals surface area contributed by atoms with Crippen LogP contribution in [0, 0.1) is 41.5 Å². The molecule has 2 aliphatic rings. The fraction of sp³-hybridized carbons (Fsp3) is 0.104. The second-order valence-corrected chi connectivity index (χ2v) is 19.9. The van der Waals surface area contributed by atoms with E-state index in [1.54, 1.807) is 0 Å². The van der Waals surface area contributed by atoms with Crippen molar-refractivity contribution in [3.8, 4) is 22.3 Å². The molecule has 0 unspecified atom stereocenters. The lowest BCUT2D eigenvalue weighted by molar-refractivity contribution is 0.665. The van der Waals surface area contributed by atoms with Crippen LogP contribution in [0.5, 0.6) is 0 Å². The first-order chi connectivity index (χ1) is 34.7. The van der Waals surface area contributed by atoms with Gasteiger partial charge in [0.15, 0.2) is 0 Å². The summed E-state index contributed by atoms with van der Waals surface area (Å²) in [6, 6.07) is 71.6. The molecule has 0 N–H and O–H groups in total. The molecule has 0 amide bonds. The van der Waals surface area contributed by atoms with Gasteiger partial charge in [-0.2, -0.15) is 0 Å². The summed E-state index contributed by atoms with van der Waals surface area (Å²) in [7, 11) is 0. The average molecular weight is 915 g/mol. The third-order valence-corrected chi connectivity index (χ3v) is 15.7. The highest BCUT2D eigenvalue weighted by Gasteiger charge is 2.55. The Hall–Kier alpha value is -8.60. The number of nitrogens with zero attached hydrogens (tertiary/aromatic N) is 2. The van der Waals surface area contributed by atoms with E-state index in [9.17, 15) is 0 Å². The van der Waals surface area contributed by atoms with E-state index in [-0.39, 0.29) is 0 Å². The first-order valence-corrected chi connectivity index (χ1v) is 24.8. The van der Waals surface area contributed by atoms with Crippen molar-refractivity contribution in [2.24, 2.45) is 0 Å². The van der Waals surface area contributed by atoms with Crippen LogP contribution in [0.3, 0.4) is 0 Å². The fourth-order valence-electron chi connectivity index (χ4n) is 12.5. The van der Waals surface area contributed by atoms with Crippen LogP contribution in [0.2, 0.25) is 0 Å². The molecule has 0 saturated carbocycles. The average Bonchev–Trinajstić information content (AvgIpc) is 4.13. The van der Waals surface area contributed by atoms with Crippen molar-refractivity contribution in [3.63, 3.8) is 0 Å². The van der Waals surface area contributed by atoms with Gasteiger partial charge in [0, 0.05) is 44.6 Å². The Balaban J connectivity index is 1.23. The van der Waals surface area contributed by atoms with E-state index in [0.717, 1.165) is 89.1 Å². The van der Waals surface area contributed by atoms with Crippen LogP contribution in [0.1, 0.15) is 55.6 Å². The van der Waals surface area contributed by atoms with Crippen molar-refractivity contribution in [3.05, 3.63) is 250 Å². The van der Waals surface area contributed by atoms with Gasteiger partial charge in [-0.05, 0) is 157 Å². The lowest BCUT2D eigenvalue weighted by Crippen LogP contribution is -2.27. The highest BCUT2D eigenvalue weighted by molar-refractivity contribution is 6.25. The van der Waals surface area contributed by atoms with Gasteiger partial charge in [0.1, 0.15) is 22.3 Å². The number of anilines is 6. The number of para-hydroxylation sites is 4. The van der Waals surface area contributed by atoms with Gasteiger partial charge in [-0.15, -0.1) is 0 Å². The maximum absolute atomic E-state index is 7.48. The molecule has 1 spiro atoms. The lowest BCUT2D eigenvalue weighted by Gasteiger charge is -2.34. The molecule has 4 heteroatoms. The molecule has 0 fully saturated rings. The highest BCUT2D eigenvalue weighted by atomic mass is 16.3. The molecular weight excluding hydrogens is 865 g/mol. The van der Waals surface area contributed by atoms with Gasteiger partial charge in [-0.1, -0.05) is 146 Å². The molecule has 2 aromatic heterocycles. The summed E-state index contributed by atoms with van der Waals surface area (Å²) < 4.78 is 15.0. The first-order valence-electron chi connectivity index (χ1n) is 24.8. The van der Waals surface area contributed by atoms with Crippen molar-refractivity contribution in [1.29, 1.82) is 0 Å². The number of fused-ring (bicyclic) bond motifs is 18. The zero-order valence-corrected chi connectivity index (χ0v) is 40.7. The number of aryl methyl sites for hydroxylation is 6. The summed E-state index contributed by atoms with van der Waals surface area (Å²) in [6.07, 6.45) is 0. The van der Waals surface area contributed by atoms with Crippen LogP contribution in [-0.4, -0.2) is 0 Å². The van der Waals surface area contributed by atoms with Gasteiger partial charge in [-0.3, -0.25) is 0 Å². The van der Waals surface area contributed by atoms with Crippen LogP contribution in [-0.2, 0) is 5.41 Å². The second kappa shape index (κ2) is 15.2. The molecule has 71 heavy (non-hydrogen) atoms. The number of furan rings is 2. The van der Waals surface area contributed by atoms with Crippen LogP contribution >= 0.6 is 0 Å². The molecule has 0 aliphatic heterocycles. The third kappa shape index (κ3) is 5.67. The minimum absolute atomic E-state index is 0.792. The monoisotopic (exact) mass is 914 g/mol. The zero-order chi connectivity index (χ0) is 47.9. The molecule has 4 nitrogen and oxygen atoms in total. The van der Waals surface area contributed by atoms with E-state index in [1.807, 2.05) is 0 Å². The van der Waals surface area contributed by atoms with Crippen molar-refractivity contribution in [2.45, 2.75) is 47.0 Å². The Morgan fingerprint density at radius 2 is 0.704 bits per heavy atom. The maximum Gasteiger partial charge on any atom is 0.145 e. The molecule has 2 heterocycles. The highest BCUT2D eigenvalue weighted by Crippen LogP contribution is 2.68.